The minimum atomic E-state index is -2.96. The largest absolute Gasteiger partial charge is 0.481 e. The summed E-state index contributed by atoms with van der Waals surface area (Å²) in [4.78, 5) is 7.96. The van der Waals surface area contributed by atoms with Crippen molar-refractivity contribution in [3.63, 3.8) is 0 Å². The molecule has 0 aliphatic carbocycles. The average molecular weight is 289 g/mol. The zero-order chi connectivity index (χ0) is 14.3. The number of methoxy groups -OCH3 is 2. The van der Waals surface area contributed by atoms with Gasteiger partial charge in [0, 0.05) is 18.8 Å². The third-order valence-corrected chi connectivity index (χ3v) is 4.29. The number of hydrogen-bond acceptors (Lipinski definition) is 7. The lowest BCUT2D eigenvalue weighted by atomic mass is 10.3. The van der Waals surface area contributed by atoms with E-state index in [2.05, 4.69) is 15.3 Å². The molecule has 0 saturated carbocycles. The Hall–Kier alpha value is -1.41. The summed E-state index contributed by atoms with van der Waals surface area (Å²) >= 11 is 0. The van der Waals surface area contributed by atoms with Crippen molar-refractivity contribution in [2.75, 3.05) is 32.3 Å². The first-order valence-electron chi connectivity index (χ1n) is 5.87. The summed E-state index contributed by atoms with van der Waals surface area (Å²) in [6.45, 7) is 2.37. The first-order chi connectivity index (χ1) is 9.04. The molecule has 0 amide bonds. The Labute approximate surface area is 113 Å². The first kappa shape index (κ1) is 15.6. The average Bonchev–Trinajstić information content (AvgIpc) is 2.43. The van der Waals surface area contributed by atoms with Crippen molar-refractivity contribution in [2.24, 2.45) is 0 Å². The van der Waals surface area contributed by atoms with Gasteiger partial charge < -0.3 is 14.8 Å². The van der Waals surface area contributed by atoms with Gasteiger partial charge in [0.05, 0.1) is 25.5 Å². The SMILES string of the molecule is CCS(=O)(=O)CCNCc1c(OC)ncnc1OC. The van der Waals surface area contributed by atoms with Crippen LogP contribution in [0.1, 0.15) is 12.5 Å². The van der Waals surface area contributed by atoms with Gasteiger partial charge >= 0.3 is 0 Å². The molecule has 0 unspecified atom stereocenters. The van der Waals surface area contributed by atoms with E-state index in [1.807, 2.05) is 0 Å². The summed E-state index contributed by atoms with van der Waals surface area (Å²) in [6, 6.07) is 0. The molecule has 1 N–H and O–H groups in total. The van der Waals surface area contributed by atoms with E-state index in [1.54, 1.807) is 6.92 Å². The Morgan fingerprint density at radius 3 is 2.26 bits per heavy atom. The fourth-order valence-electron chi connectivity index (χ4n) is 1.47. The molecule has 1 aromatic heterocycles. The van der Waals surface area contributed by atoms with Crippen molar-refractivity contribution in [1.82, 2.24) is 15.3 Å². The van der Waals surface area contributed by atoms with Gasteiger partial charge in [0.2, 0.25) is 11.8 Å². The lowest BCUT2D eigenvalue weighted by Gasteiger charge is -2.11. The highest BCUT2D eigenvalue weighted by molar-refractivity contribution is 7.91. The predicted molar refractivity (Wildman–Crippen MR) is 71.2 cm³/mol. The Bertz CT molecular complexity index is 482. The lowest BCUT2D eigenvalue weighted by molar-refractivity contribution is 0.359. The molecule has 0 aliphatic rings. The molecule has 0 saturated heterocycles. The summed E-state index contributed by atoms with van der Waals surface area (Å²) in [7, 11) is 0.0520. The molecular formula is C11H19N3O4S. The smallest absolute Gasteiger partial charge is 0.224 e. The van der Waals surface area contributed by atoms with Crippen LogP contribution in [-0.2, 0) is 16.4 Å². The van der Waals surface area contributed by atoms with Gasteiger partial charge in [0.25, 0.3) is 0 Å². The van der Waals surface area contributed by atoms with Gasteiger partial charge in [-0.05, 0) is 0 Å². The Morgan fingerprint density at radius 2 is 1.79 bits per heavy atom. The van der Waals surface area contributed by atoms with Crippen LogP contribution in [-0.4, -0.2) is 50.7 Å². The van der Waals surface area contributed by atoms with Gasteiger partial charge in [-0.3, -0.25) is 0 Å². The number of nitrogens with zero attached hydrogens (tertiary/aromatic N) is 2. The molecule has 8 heteroatoms. The van der Waals surface area contributed by atoms with Crippen molar-refractivity contribution in [3.05, 3.63) is 11.9 Å². The van der Waals surface area contributed by atoms with E-state index in [1.165, 1.54) is 20.5 Å². The number of aromatic nitrogens is 2. The molecule has 0 atom stereocenters. The zero-order valence-electron chi connectivity index (χ0n) is 11.3. The second-order valence-corrected chi connectivity index (χ2v) is 6.26. The van der Waals surface area contributed by atoms with Crippen LogP contribution < -0.4 is 14.8 Å². The molecule has 7 nitrogen and oxygen atoms in total. The first-order valence-corrected chi connectivity index (χ1v) is 7.69. The van der Waals surface area contributed by atoms with Crippen LogP contribution in [0.2, 0.25) is 0 Å². The molecule has 108 valence electrons. The maximum absolute atomic E-state index is 11.3. The molecule has 0 fully saturated rings. The topological polar surface area (TPSA) is 90.4 Å². The van der Waals surface area contributed by atoms with Crippen LogP contribution in [0.15, 0.2) is 6.33 Å². The summed E-state index contributed by atoms with van der Waals surface area (Å²) in [5, 5.41) is 3.02. The normalized spacial score (nSPS) is 11.3. The van der Waals surface area contributed by atoms with Crippen LogP contribution in [0.5, 0.6) is 11.8 Å². The van der Waals surface area contributed by atoms with E-state index >= 15 is 0 Å². The van der Waals surface area contributed by atoms with Crippen LogP contribution in [0.4, 0.5) is 0 Å². The molecule has 1 rings (SSSR count). The highest BCUT2D eigenvalue weighted by atomic mass is 32.2. The molecular weight excluding hydrogens is 270 g/mol. The number of rotatable bonds is 8. The second kappa shape index (κ2) is 7.25. The molecule has 0 bridgehead atoms. The van der Waals surface area contributed by atoms with Crippen LogP contribution in [0.25, 0.3) is 0 Å². The maximum atomic E-state index is 11.3. The fraction of sp³-hybridized carbons (Fsp3) is 0.636. The Kier molecular flexibility index (Phi) is 5.97. The maximum Gasteiger partial charge on any atom is 0.224 e. The van der Waals surface area contributed by atoms with Crippen molar-refractivity contribution >= 4 is 9.84 Å². The molecule has 0 aromatic carbocycles. The summed E-state index contributed by atoms with van der Waals surface area (Å²) in [6.07, 6.45) is 1.35. The minimum absolute atomic E-state index is 0.0990. The highest BCUT2D eigenvalue weighted by Gasteiger charge is 2.13. The van der Waals surface area contributed by atoms with Gasteiger partial charge in [0.15, 0.2) is 9.84 Å². The molecule has 1 aromatic rings. The fourth-order valence-corrected chi connectivity index (χ4v) is 2.21. The van der Waals surface area contributed by atoms with Gasteiger partial charge in [-0.1, -0.05) is 6.92 Å². The van der Waals surface area contributed by atoms with E-state index in [4.69, 9.17) is 9.47 Å². The standard InChI is InChI=1S/C11H19N3O4S/c1-4-19(15,16)6-5-12-7-9-10(17-2)13-8-14-11(9)18-3/h8,12H,4-7H2,1-3H3. The molecule has 0 radical (unpaired) electrons. The van der Waals surface area contributed by atoms with E-state index in [0.717, 1.165) is 0 Å². The summed E-state index contributed by atoms with van der Waals surface area (Å²) in [5.41, 5.74) is 0.668. The van der Waals surface area contributed by atoms with Crippen LogP contribution >= 0.6 is 0 Å². The third-order valence-electron chi connectivity index (χ3n) is 2.58. The van der Waals surface area contributed by atoms with E-state index in [-0.39, 0.29) is 11.5 Å². The van der Waals surface area contributed by atoms with Gasteiger partial charge in [0.1, 0.15) is 6.33 Å². The number of ether oxygens (including phenoxy) is 2. The van der Waals surface area contributed by atoms with E-state index in [9.17, 15) is 8.42 Å². The molecule has 0 aliphatic heterocycles. The number of hydrogen-bond donors (Lipinski definition) is 1. The van der Waals surface area contributed by atoms with Gasteiger partial charge in [-0.15, -0.1) is 0 Å². The molecule has 0 spiro atoms. The van der Waals surface area contributed by atoms with Crippen molar-refractivity contribution in [1.29, 1.82) is 0 Å². The molecule has 1 heterocycles. The monoisotopic (exact) mass is 289 g/mol. The Balaban J connectivity index is 2.62. The third kappa shape index (κ3) is 4.64. The number of nitrogens with one attached hydrogen (secondary N) is 1. The van der Waals surface area contributed by atoms with Crippen molar-refractivity contribution < 1.29 is 17.9 Å². The molecule has 19 heavy (non-hydrogen) atoms. The second-order valence-electron chi connectivity index (χ2n) is 3.78. The van der Waals surface area contributed by atoms with Crippen LogP contribution in [0.3, 0.4) is 0 Å². The zero-order valence-corrected chi connectivity index (χ0v) is 12.2. The summed E-state index contributed by atoms with van der Waals surface area (Å²) in [5.74, 6) is 1.08. The van der Waals surface area contributed by atoms with Crippen LogP contribution in [0, 0.1) is 0 Å². The van der Waals surface area contributed by atoms with Crippen molar-refractivity contribution in [2.45, 2.75) is 13.5 Å². The minimum Gasteiger partial charge on any atom is -0.481 e. The lowest BCUT2D eigenvalue weighted by Crippen LogP contribution is -2.24. The quantitative estimate of drug-likeness (QED) is 0.674. The Morgan fingerprint density at radius 1 is 1.21 bits per heavy atom. The van der Waals surface area contributed by atoms with Gasteiger partial charge in [-0.25, -0.2) is 18.4 Å². The van der Waals surface area contributed by atoms with E-state index in [0.29, 0.717) is 30.4 Å². The number of sulfone groups is 1. The highest BCUT2D eigenvalue weighted by Crippen LogP contribution is 2.22. The van der Waals surface area contributed by atoms with Crippen molar-refractivity contribution in [3.8, 4) is 11.8 Å². The summed E-state index contributed by atoms with van der Waals surface area (Å²) < 4.78 is 32.9. The van der Waals surface area contributed by atoms with Gasteiger partial charge in [-0.2, -0.15) is 0 Å². The predicted octanol–water partition coefficient (Wildman–Crippen LogP) is 0.0181. The van der Waals surface area contributed by atoms with E-state index < -0.39 is 9.84 Å².